The molecule has 2 rings (SSSR count). The monoisotopic (exact) mass is 189 g/mol. The Balaban J connectivity index is 2.60. The first kappa shape index (κ1) is 8.43. The number of phenolic OH excluding ortho intramolecular Hbond substituents is 1. The van der Waals surface area contributed by atoms with E-state index in [4.69, 9.17) is 0 Å². The molecule has 0 saturated carbocycles. The smallest absolute Gasteiger partial charge is 0.170 e. The molecule has 1 N–H and O–H groups in total. The molecule has 5 heteroatoms. The molecule has 0 spiro atoms. The molecule has 1 heterocycles. The molecule has 0 atom stereocenters. The highest BCUT2D eigenvalue weighted by Gasteiger charge is 2.07. The van der Waals surface area contributed by atoms with E-state index >= 15 is 0 Å². The molecule has 0 amide bonds. The highest BCUT2D eigenvalue weighted by molar-refractivity contribution is 5.73. The van der Waals surface area contributed by atoms with Gasteiger partial charge in [0, 0.05) is 0 Å². The van der Waals surface area contributed by atoms with E-state index in [1.807, 2.05) is 0 Å². The average molecular weight is 189 g/mol. The fraction of sp³-hybridized carbons (Fsp3) is 0. The van der Waals surface area contributed by atoms with Gasteiger partial charge in [-0.2, -0.15) is 0 Å². The van der Waals surface area contributed by atoms with Crippen molar-refractivity contribution in [1.82, 2.24) is 15.0 Å². The molecule has 14 heavy (non-hydrogen) atoms. The summed E-state index contributed by atoms with van der Waals surface area (Å²) in [7, 11) is 0. The van der Waals surface area contributed by atoms with Crippen molar-refractivity contribution >= 4 is 6.29 Å². The van der Waals surface area contributed by atoms with Gasteiger partial charge in [-0.25, -0.2) is 4.68 Å². The van der Waals surface area contributed by atoms with Gasteiger partial charge in [-0.3, -0.25) is 4.79 Å². The second-order valence-corrected chi connectivity index (χ2v) is 2.68. The Morgan fingerprint density at radius 2 is 2.14 bits per heavy atom. The lowest BCUT2D eigenvalue weighted by Crippen LogP contribution is -2.01. The number of benzene rings is 1. The first-order valence-corrected chi connectivity index (χ1v) is 3.97. The van der Waals surface area contributed by atoms with Gasteiger partial charge in [-0.05, 0) is 12.1 Å². The average Bonchev–Trinajstić information content (AvgIpc) is 2.66. The first-order valence-electron chi connectivity index (χ1n) is 3.97. The van der Waals surface area contributed by atoms with E-state index in [1.54, 1.807) is 18.2 Å². The molecule has 0 unspecified atom stereocenters. The van der Waals surface area contributed by atoms with Crippen molar-refractivity contribution < 1.29 is 9.90 Å². The Kier molecular flexibility index (Phi) is 1.98. The molecule has 0 bridgehead atoms. The van der Waals surface area contributed by atoms with E-state index in [0.717, 1.165) is 0 Å². The topological polar surface area (TPSA) is 68.0 Å². The van der Waals surface area contributed by atoms with Crippen LogP contribution < -0.4 is 0 Å². The third kappa shape index (κ3) is 1.24. The Morgan fingerprint density at radius 1 is 1.36 bits per heavy atom. The summed E-state index contributed by atoms with van der Waals surface area (Å²) in [6.45, 7) is 0. The lowest BCUT2D eigenvalue weighted by Gasteiger charge is -2.03. The molecule has 0 saturated heterocycles. The number of para-hydroxylation sites is 2. The van der Waals surface area contributed by atoms with Gasteiger partial charge in [0.1, 0.15) is 17.1 Å². The van der Waals surface area contributed by atoms with Crippen LogP contribution in [0.2, 0.25) is 0 Å². The zero-order valence-corrected chi connectivity index (χ0v) is 7.16. The minimum Gasteiger partial charge on any atom is -0.506 e. The van der Waals surface area contributed by atoms with Crippen LogP contribution in [0, 0.1) is 0 Å². The van der Waals surface area contributed by atoms with Gasteiger partial charge in [0.2, 0.25) is 0 Å². The summed E-state index contributed by atoms with van der Waals surface area (Å²) in [6.07, 6.45) is 1.96. The molecule has 1 aromatic heterocycles. The zero-order chi connectivity index (χ0) is 9.97. The van der Waals surface area contributed by atoms with Crippen LogP contribution >= 0.6 is 0 Å². The number of rotatable bonds is 2. The molecule has 5 nitrogen and oxygen atoms in total. The number of nitrogens with zero attached hydrogens (tertiary/aromatic N) is 3. The molecule has 2 aromatic rings. The third-order valence-electron chi connectivity index (χ3n) is 1.81. The van der Waals surface area contributed by atoms with Gasteiger partial charge < -0.3 is 5.11 Å². The minimum atomic E-state index is 0.0566. The quantitative estimate of drug-likeness (QED) is 0.709. The van der Waals surface area contributed by atoms with Crippen molar-refractivity contribution in [2.45, 2.75) is 0 Å². The molecule has 0 fully saturated rings. The first-order chi connectivity index (χ1) is 6.83. The number of aldehydes is 1. The van der Waals surface area contributed by atoms with Crippen LogP contribution in [0.5, 0.6) is 5.75 Å². The predicted molar refractivity (Wildman–Crippen MR) is 48.4 cm³/mol. The van der Waals surface area contributed by atoms with Crippen molar-refractivity contribution in [1.29, 1.82) is 0 Å². The van der Waals surface area contributed by atoms with Gasteiger partial charge in [0.25, 0.3) is 0 Å². The van der Waals surface area contributed by atoms with Crippen LogP contribution in [-0.2, 0) is 0 Å². The van der Waals surface area contributed by atoms with Crippen molar-refractivity contribution in [2.24, 2.45) is 0 Å². The van der Waals surface area contributed by atoms with E-state index < -0.39 is 0 Å². The third-order valence-corrected chi connectivity index (χ3v) is 1.81. The fourth-order valence-corrected chi connectivity index (χ4v) is 1.15. The Bertz CT molecular complexity index is 465. The Hall–Kier alpha value is -2.17. The maximum absolute atomic E-state index is 10.6. The summed E-state index contributed by atoms with van der Waals surface area (Å²) < 4.78 is 1.28. The van der Waals surface area contributed by atoms with Gasteiger partial charge in [-0.15, -0.1) is 5.10 Å². The van der Waals surface area contributed by atoms with Crippen molar-refractivity contribution in [3.05, 3.63) is 36.2 Å². The van der Waals surface area contributed by atoms with Crippen molar-refractivity contribution in [2.75, 3.05) is 0 Å². The number of carbonyl (C=O) groups is 1. The molecule has 0 aliphatic rings. The lowest BCUT2D eigenvalue weighted by atomic mass is 10.3. The number of aromatic hydroxyl groups is 1. The maximum atomic E-state index is 10.6. The summed E-state index contributed by atoms with van der Waals surface area (Å²) >= 11 is 0. The largest absolute Gasteiger partial charge is 0.506 e. The van der Waals surface area contributed by atoms with E-state index in [2.05, 4.69) is 10.3 Å². The normalized spacial score (nSPS) is 10.0. The summed E-state index contributed by atoms with van der Waals surface area (Å²) in [5.41, 5.74) is 0.735. The van der Waals surface area contributed by atoms with E-state index in [-0.39, 0.29) is 5.75 Å². The summed E-state index contributed by atoms with van der Waals surface area (Å²) in [5.74, 6) is 0.0566. The highest BCUT2D eigenvalue weighted by atomic mass is 16.3. The Labute approximate surface area is 79.6 Å². The second kappa shape index (κ2) is 3.29. The summed E-state index contributed by atoms with van der Waals surface area (Å²) in [5, 5.41) is 16.8. The van der Waals surface area contributed by atoms with Crippen LogP contribution in [0.1, 0.15) is 10.5 Å². The molecule has 0 aliphatic carbocycles. The van der Waals surface area contributed by atoms with Crippen LogP contribution in [0.4, 0.5) is 0 Å². The van der Waals surface area contributed by atoms with Crippen LogP contribution in [0.3, 0.4) is 0 Å². The number of phenols is 1. The van der Waals surface area contributed by atoms with E-state index in [0.29, 0.717) is 17.7 Å². The molecule has 0 radical (unpaired) electrons. The molecule has 70 valence electrons. The zero-order valence-electron chi connectivity index (χ0n) is 7.16. The van der Waals surface area contributed by atoms with Gasteiger partial charge in [0.05, 0.1) is 6.20 Å². The number of hydrogen-bond donors (Lipinski definition) is 1. The lowest BCUT2D eigenvalue weighted by molar-refractivity contribution is 0.111. The van der Waals surface area contributed by atoms with E-state index in [9.17, 15) is 9.90 Å². The molecule has 1 aromatic carbocycles. The van der Waals surface area contributed by atoms with Gasteiger partial charge >= 0.3 is 0 Å². The molecular weight excluding hydrogens is 182 g/mol. The number of carbonyl (C=O) groups excluding carboxylic acids is 1. The van der Waals surface area contributed by atoms with Crippen molar-refractivity contribution in [3.63, 3.8) is 0 Å². The van der Waals surface area contributed by atoms with Gasteiger partial charge in [0.15, 0.2) is 6.29 Å². The maximum Gasteiger partial charge on any atom is 0.170 e. The van der Waals surface area contributed by atoms with Crippen LogP contribution in [0.15, 0.2) is 30.5 Å². The van der Waals surface area contributed by atoms with Crippen LogP contribution in [0.25, 0.3) is 5.69 Å². The predicted octanol–water partition coefficient (Wildman–Crippen LogP) is 0.785. The standard InChI is InChI=1S/C9H7N3O2/c13-6-7-5-10-11-12(7)8-3-1-2-4-9(8)14/h1-6,14H. The molecular formula is C9H7N3O2. The number of hydrogen-bond acceptors (Lipinski definition) is 4. The Morgan fingerprint density at radius 3 is 2.86 bits per heavy atom. The van der Waals surface area contributed by atoms with Crippen molar-refractivity contribution in [3.8, 4) is 11.4 Å². The van der Waals surface area contributed by atoms with E-state index in [1.165, 1.54) is 16.9 Å². The fourth-order valence-electron chi connectivity index (χ4n) is 1.15. The summed E-state index contributed by atoms with van der Waals surface area (Å²) in [4.78, 5) is 10.6. The SMILES string of the molecule is O=Cc1cnnn1-c1ccccc1O. The minimum absolute atomic E-state index is 0.0566. The highest BCUT2D eigenvalue weighted by Crippen LogP contribution is 2.20. The summed E-state index contributed by atoms with van der Waals surface area (Å²) in [6, 6.07) is 6.60. The number of aromatic nitrogens is 3. The van der Waals surface area contributed by atoms with Crippen LogP contribution in [-0.4, -0.2) is 26.4 Å². The van der Waals surface area contributed by atoms with Gasteiger partial charge in [-0.1, -0.05) is 17.3 Å². The second-order valence-electron chi connectivity index (χ2n) is 2.68. The molecule has 0 aliphatic heterocycles.